The molecular weight excluding hydrogens is 642 g/mol. The number of ether oxygens (including phenoxy) is 5. The van der Waals surface area contributed by atoms with Gasteiger partial charge in [-0.2, -0.15) is 0 Å². The number of rotatable bonds is 7. The van der Waals surface area contributed by atoms with E-state index in [4.69, 9.17) is 23.7 Å². The monoisotopic (exact) mass is 705 g/mol. The molecule has 2 aliphatic heterocycles. The van der Waals surface area contributed by atoms with E-state index in [1.165, 1.54) is 12.7 Å². The van der Waals surface area contributed by atoms with E-state index in [2.05, 4.69) is 32.2 Å². The van der Waals surface area contributed by atoms with Crippen molar-refractivity contribution in [1.29, 1.82) is 0 Å². The number of carbonyl (C=O) groups excluding carboxylic acids is 1. The molecule has 5 aliphatic carbocycles. The summed E-state index contributed by atoms with van der Waals surface area (Å²) in [6, 6.07) is -0.466. The van der Waals surface area contributed by atoms with Crippen LogP contribution in [0.4, 0.5) is 0 Å². The molecule has 1 amide bonds. The Hall–Kier alpha value is -1.15. The van der Waals surface area contributed by atoms with Crippen LogP contribution in [0.2, 0.25) is 0 Å². The van der Waals surface area contributed by atoms with Gasteiger partial charge < -0.3 is 49.4 Å². The fraction of sp³-hybridized carbons (Fsp3) is 0.923. The first-order valence-corrected chi connectivity index (χ1v) is 19.3. The predicted molar refractivity (Wildman–Crippen MR) is 184 cm³/mol. The maximum atomic E-state index is 13.3. The molecule has 19 atom stereocenters. The maximum absolute atomic E-state index is 13.3. The van der Waals surface area contributed by atoms with Crippen LogP contribution >= 0.6 is 0 Å². The zero-order valence-corrected chi connectivity index (χ0v) is 31.3. The van der Waals surface area contributed by atoms with Crippen LogP contribution in [0.3, 0.4) is 0 Å². The Balaban J connectivity index is 1.11. The number of carbonyl (C=O) groups is 1. The number of methoxy groups -OCH3 is 2. The quantitative estimate of drug-likeness (QED) is 0.250. The Bertz CT molecular complexity index is 1330. The molecule has 5 N–H and O–H groups in total. The molecule has 0 aromatic carbocycles. The van der Waals surface area contributed by atoms with Crippen molar-refractivity contribution in [2.45, 2.75) is 172 Å². The average Bonchev–Trinajstić information content (AvgIpc) is 3.45. The van der Waals surface area contributed by atoms with Crippen LogP contribution in [0.25, 0.3) is 0 Å². The molecule has 0 spiro atoms. The first-order chi connectivity index (χ1) is 23.5. The van der Waals surface area contributed by atoms with Gasteiger partial charge in [-0.25, -0.2) is 0 Å². The molecule has 11 nitrogen and oxygen atoms in total. The Morgan fingerprint density at radius 2 is 1.72 bits per heavy atom. The van der Waals surface area contributed by atoms with Gasteiger partial charge in [-0.3, -0.25) is 4.79 Å². The number of hydrogen-bond acceptors (Lipinski definition) is 10. The van der Waals surface area contributed by atoms with Gasteiger partial charge in [0.1, 0.15) is 23.9 Å². The van der Waals surface area contributed by atoms with Gasteiger partial charge in [0, 0.05) is 37.9 Å². The number of fused-ring (bicyclic) bond motifs is 7. The van der Waals surface area contributed by atoms with E-state index in [1.54, 1.807) is 7.11 Å². The van der Waals surface area contributed by atoms with Crippen LogP contribution in [0.15, 0.2) is 11.6 Å². The van der Waals surface area contributed by atoms with Crippen molar-refractivity contribution in [3.05, 3.63) is 11.6 Å². The van der Waals surface area contributed by atoms with Crippen molar-refractivity contribution < 1.29 is 48.9 Å². The van der Waals surface area contributed by atoms with E-state index < -0.39 is 77.6 Å². The first-order valence-electron chi connectivity index (χ1n) is 19.3. The van der Waals surface area contributed by atoms with E-state index in [0.29, 0.717) is 31.1 Å². The fourth-order valence-corrected chi connectivity index (χ4v) is 13.1. The molecule has 7 aliphatic rings. The van der Waals surface area contributed by atoms with Crippen molar-refractivity contribution in [2.75, 3.05) is 14.2 Å². The van der Waals surface area contributed by atoms with Gasteiger partial charge in [0.2, 0.25) is 5.91 Å². The van der Waals surface area contributed by atoms with Crippen LogP contribution in [0.5, 0.6) is 0 Å². The van der Waals surface area contributed by atoms with Crippen LogP contribution in [0.1, 0.15) is 99.3 Å². The second-order valence-electron chi connectivity index (χ2n) is 18.1. The molecule has 0 aromatic heterocycles. The molecule has 0 radical (unpaired) electrons. The minimum absolute atomic E-state index is 0.0178. The third-order valence-corrected chi connectivity index (χ3v) is 15.6. The lowest BCUT2D eigenvalue weighted by molar-refractivity contribution is -0.307. The van der Waals surface area contributed by atoms with Crippen LogP contribution in [-0.2, 0) is 28.5 Å². The highest BCUT2D eigenvalue weighted by Gasteiger charge is 2.78. The topological polar surface area (TPSA) is 156 Å². The van der Waals surface area contributed by atoms with Crippen molar-refractivity contribution in [3.8, 4) is 0 Å². The molecule has 50 heavy (non-hydrogen) atoms. The molecule has 6 fully saturated rings. The lowest BCUT2D eigenvalue weighted by Crippen LogP contribution is -2.65. The summed E-state index contributed by atoms with van der Waals surface area (Å²) in [4.78, 5) is 13.3. The van der Waals surface area contributed by atoms with E-state index in [9.17, 15) is 25.2 Å². The maximum Gasteiger partial charge on any atom is 0.220 e. The summed E-state index contributed by atoms with van der Waals surface area (Å²) in [6.07, 6.45) is 2.80. The van der Waals surface area contributed by atoms with E-state index >= 15 is 0 Å². The highest BCUT2D eigenvalue weighted by molar-refractivity contribution is 5.81. The standard InChI is InChI=1S/C39H63NO10/c1-19-15-26(31(44)33(47-8)30(19)43)50-32-20(2)48-29(17-27(32)46-7)49-21(3)39(45)35-37(5,18-28(42)40-35)34-24-10-9-22-16-23(41)11-13-36(22,4)25(24)12-14-38(34,39)6/h9,19-21,23-27,29-35,41,43-45H,10-18H2,1-8H3,(H,40,42)/t19-,20+,21-,23+,24-,25+,26+,27-,29-,30+,31-,32+,33-,34+,35+,36+,37+,38+,39+/m1/s1. The van der Waals surface area contributed by atoms with Gasteiger partial charge in [0.05, 0.1) is 42.7 Å². The summed E-state index contributed by atoms with van der Waals surface area (Å²) >= 11 is 0. The van der Waals surface area contributed by atoms with Crippen LogP contribution in [0, 0.1) is 39.9 Å². The van der Waals surface area contributed by atoms with Gasteiger partial charge in [-0.05, 0) is 87.9 Å². The van der Waals surface area contributed by atoms with E-state index in [1.807, 2.05) is 20.8 Å². The highest BCUT2D eigenvalue weighted by Crippen LogP contribution is 2.74. The first kappa shape index (κ1) is 37.2. The van der Waals surface area contributed by atoms with Crippen molar-refractivity contribution in [3.63, 3.8) is 0 Å². The average molecular weight is 706 g/mol. The lowest BCUT2D eigenvalue weighted by Gasteiger charge is -2.61. The second kappa shape index (κ2) is 13.0. The Morgan fingerprint density at radius 1 is 0.980 bits per heavy atom. The Labute approximate surface area is 297 Å². The van der Waals surface area contributed by atoms with Gasteiger partial charge in [-0.15, -0.1) is 0 Å². The van der Waals surface area contributed by atoms with Crippen molar-refractivity contribution in [2.24, 2.45) is 39.9 Å². The molecule has 2 saturated heterocycles. The lowest BCUT2D eigenvalue weighted by atomic mass is 9.44. The number of amides is 1. The Morgan fingerprint density at radius 3 is 2.42 bits per heavy atom. The molecule has 284 valence electrons. The summed E-state index contributed by atoms with van der Waals surface area (Å²) in [5, 5.41) is 48.6. The third-order valence-electron chi connectivity index (χ3n) is 15.6. The number of hydrogen-bond donors (Lipinski definition) is 5. The van der Waals surface area contributed by atoms with Gasteiger partial charge in [0.15, 0.2) is 6.29 Å². The van der Waals surface area contributed by atoms with Crippen molar-refractivity contribution in [1.82, 2.24) is 5.32 Å². The molecule has 0 bridgehead atoms. The minimum Gasteiger partial charge on any atom is -0.393 e. The van der Waals surface area contributed by atoms with Crippen LogP contribution in [-0.4, -0.2) is 113 Å². The molecule has 7 rings (SSSR count). The molecular formula is C39H63NO10. The van der Waals surface area contributed by atoms with E-state index in [-0.39, 0.29) is 29.3 Å². The van der Waals surface area contributed by atoms with Gasteiger partial charge >= 0.3 is 0 Å². The molecule has 0 aromatic rings. The molecule has 0 unspecified atom stereocenters. The SMILES string of the molecule is CO[C@@H]1[C@@H](O)[C@H](C)C[C@H](O[C@H]2[C@H](C)O[C@H](O[C@H](C)[C@]3(O)[C@H]4NC(=O)C[C@@]4(C)[C@@H]4[C@@H]5CC=C6C[C@@H](O)CC[C@]6(C)[C@H]5CC[C@@]43C)C[C@H]2OC)[C@H]1O. The van der Waals surface area contributed by atoms with Gasteiger partial charge in [-0.1, -0.05) is 39.3 Å². The third kappa shape index (κ3) is 5.34. The molecule has 2 heterocycles. The smallest absolute Gasteiger partial charge is 0.220 e. The summed E-state index contributed by atoms with van der Waals surface area (Å²) in [6.45, 7) is 12.6. The largest absolute Gasteiger partial charge is 0.393 e. The summed E-state index contributed by atoms with van der Waals surface area (Å²) < 4.78 is 31.1. The minimum atomic E-state index is -1.35. The predicted octanol–water partition coefficient (Wildman–Crippen LogP) is 3.24. The zero-order valence-electron chi connectivity index (χ0n) is 31.3. The van der Waals surface area contributed by atoms with E-state index in [0.717, 1.165) is 38.5 Å². The summed E-state index contributed by atoms with van der Waals surface area (Å²) in [5.41, 5.74) is -0.880. The molecule has 4 saturated carbocycles. The van der Waals surface area contributed by atoms with Crippen LogP contribution < -0.4 is 5.32 Å². The zero-order chi connectivity index (χ0) is 36.1. The summed E-state index contributed by atoms with van der Waals surface area (Å²) in [7, 11) is 3.11. The number of aliphatic hydroxyl groups excluding tert-OH is 3. The highest BCUT2D eigenvalue weighted by atomic mass is 16.7. The summed E-state index contributed by atoms with van der Waals surface area (Å²) in [5.74, 6) is 0.721. The normalized spacial score (nSPS) is 55.3. The second-order valence-corrected chi connectivity index (χ2v) is 18.1. The van der Waals surface area contributed by atoms with Crippen molar-refractivity contribution >= 4 is 5.91 Å². The number of aliphatic hydroxyl groups is 4. The van der Waals surface area contributed by atoms with Gasteiger partial charge in [0.25, 0.3) is 0 Å². The number of allylic oxidation sites excluding steroid dienone is 1. The number of nitrogens with one attached hydrogen (secondary N) is 1. The molecule has 11 heteroatoms. The Kier molecular flexibility index (Phi) is 9.67. The fourth-order valence-electron chi connectivity index (χ4n) is 13.1.